The van der Waals surface area contributed by atoms with Crippen LogP contribution >= 0.6 is 0 Å². The molecule has 0 aliphatic rings. The maximum atomic E-state index is 11.6. The number of hydrogen-bond acceptors (Lipinski definition) is 5. The van der Waals surface area contributed by atoms with Crippen LogP contribution in [0.3, 0.4) is 0 Å². The highest BCUT2D eigenvalue weighted by atomic mass is 16.5. The van der Waals surface area contributed by atoms with Crippen molar-refractivity contribution < 1.29 is 9.63 Å². The lowest BCUT2D eigenvalue weighted by Gasteiger charge is -2.11. The van der Waals surface area contributed by atoms with E-state index < -0.39 is 11.2 Å². The molecule has 2 aromatic rings. The van der Waals surface area contributed by atoms with Crippen LogP contribution in [0.5, 0.6) is 5.88 Å². The molecule has 7 heteroatoms. The van der Waals surface area contributed by atoms with Crippen molar-refractivity contribution in [2.45, 2.75) is 26.3 Å². The first-order chi connectivity index (χ1) is 8.50. The zero-order valence-corrected chi connectivity index (χ0v) is 10.0. The van der Waals surface area contributed by atoms with Gasteiger partial charge in [0, 0.05) is 6.07 Å². The Balaban J connectivity index is 2.57. The van der Waals surface area contributed by atoms with Gasteiger partial charge in [0.05, 0.1) is 18.3 Å². The SMILES string of the molecule is CC(C)c1c(O)n(Cc2ccno2)c(=O)[nH]c1=O. The van der Waals surface area contributed by atoms with Crippen LogP contribution in [-0.4, -0.2) is 19.8 Å². The summed E-state index contributed by atoms with van der Waals surface area (Å²) in [4.78, 5) is 25.4. The maximum absolute atomic E-state index is 11.6. The van der Waals surface area contributed by atoms with Crippen molar-refractivity contribution in [3.8, 4) is 5.88 Å². The molecule has 0 aliphatic carbocycles. The molecule has 0 radical (unpaired) electrons. The van der Waals surface area contributed by atoms with E-state index >= 15 is 0 Å². The number of rotatable bonds is 3. The monoisotopic (exact) mass is 251 g/mol. The Hall–Kier alpha value is -2.31. The Morgan fingerprint density at radius 2 is 2.22 bits per heavy atom. The van der Waals surface area contributed by atoms with Crippen LogP contribution in [0.25, 0.3) is 0 Å². The minimum atomic E-state index is -0.682. The Morgan fingerprint density at radius 3 is 2.78 bits per heavy atom. The average Bonchev–Trinajstić information content (AvgIpc) is 2.75. The summed E-state index contributed by atoms with van der Waals surface area (Å²) in [6, 6.07) is 1.58. The number of aromatic amines is 1. The molecule has 96 valence electrons. The van der Waals surface area contributed by atoms with E-state index in [0.717, 1.165) is 4.57 Å². The van der Waals surface area contributed by atoms with Gasteiger partial charge in [-0.25, -0.2) is 4.79 Å². The molecule has 0 bridgehead atoms. The maximum Gasteiger partial charge on any atom is 0.331 e. The summed E-state index contributed by atoms with van der Waals surface area (Å²) in [5, 5.41) is 13.5. The molecule has 0 saturated heterocycles. The number of nitrogens with zero attached hydrogens (tertiary/aromatic N) is 2. The summed E-state index contributed by atoms with van der Waals surface area (Å²) in [5.74, 6) is -0.125. The molecule has 0 unspecified atom stereocenters. The third-order valence-electron chi connectivity index (χ3n) is 2.59. The van der Waals surface area contributed by atoms with E-state index in [1.165, 1.54) is 6.20 Å². The molecular formula is C11H13N3O4. The van der Waals surface area contributed by atoms with E-state index in [-0.39, 0.29) is 23.9 Å². The van der Waals surface area contributed by atoms with Gasteiger partial charge in [-0.1, -0.05) is 19.0 Å². The predicted molar refractivity (Wildman–Crippen MR) is 62.7 cm³/mol. The fourth-order valence-corrected chi connectivity index (χ4v) is 1.72. The van der Waals surface area contributed by atoms with Gasteiger partial charge in [0.1, 0.15) is 0 Å². The molecule has 0 aromatic carbocycles. The topological polar surface area (TPSA) is 101 Å². The van der Waals surface area contributed by atoms with Crippen LogP contribution in [0.15, 0.2) is 26.4 Å². The molecule has 18 heavy (non-hydrogen) atoms. The van der Waals surface area contributed by atoms with Gasteiger partial charge in [-0.05, 0) is 5.92 Å². The third-order valence-corrected chi connectivity index (χ3v) is 2.59. The lowest BCUT2D eigenvalue weighted by Crippen LogP contribution is -2.32. The van der Waals surface area contributed by atoms with Crippen molar-refractivity contribution in [1.82, 2.24) is 14.7 Å². The van der Waals surface area contributed by atoms with Gasteiger partial charge in [0.15, 0.2) is 5.76 Å². The highest BCUT2D eigenvalue weighted by molar-refractivity contribution is 5.26. The van der Waals surface area contributed by atoms with E-state index in [1.54, 1.807) is 19.9 Å². The minimum Gasteiger partial charge on any atom is -0.494 e. The molecule has 7 nitrogen and oxygen atoms in total. The van der Waals surface area contributed by atoms with Crippen LogP contribution in [0, 0.1) is 0 Å². The van der Waals surface area contributed by atoms with Gasteiger partial charge in [-0.2, -0.15) is 0 Å². The van der Waals surface area contributed by atoms with Gasteiger partial charge in [0.2, 0.25) is 5.88 Å². The second kappa shape index (κ2) is 4.52. The molecule has 2 aromatic heterocycles. The standard InChI is InChI=1S/C11H13N3O4/c1-6(2)8-9(15)13-11(17)14(10(8)16)5-7-3-4-12-18-7/h3-4,6,16H,5H2,1-2H3,(H,13,15,17). The van der Waals surface area contributed by atoms with Crippen molar-refractivity contribution in [3.63, 3.8) is 0 Å². The number of nitrogens with one attached hydrogen (secondary N) is 1. The van der Waals surface area contributed by atoms with Crippen molar-refractivity contribution in [1.29, 1.82) is 0 Å². The molecular weight excluding hydrogens is 238 g/mol. The number of aromatic nitrogens is 3. The fraction of sp³-hybridized carbons (Fsp3) is 0.364. The van der Waals surface area contributed by atoms with Crippen LogP contribution < -0.4 is 11.2 Å². The first-order valence-electron chi connectivity index (χ1n) is 5.46. The zero-order valence-electron chi connectivity index (χ0n) is 10.0. The largest absolute Gasteiger partial charge is 0.494 e. The van der Waals surface area contributed by atoms with Gasteiger partial charge < -0.3 is 9.63 Å². The smallest absolute Gasteiger partial charge is 0.331 e. The van der Waals surface area contributed by atoms with Crippen LogP contribution in [0.2, 0.25) is 0 Å². The normalized spacial score (nSPS) is 11.1. The third kappa shape index (κ3) is 2.06. The number of hydrogen-bond donors (Lipinski definition) is 2. The van der Waals surface area contributed by atoms with Crippen molar-refractivity contribution in [3.05, 3.63) is 44.4 Å². The first-order valence-corrected chi connectivity index (χ1v) is 5.46. The summed E-state index contributed by atoms with van der Waals surface area (Å²) < 4.78 is 5.90. The molecule has 2 N–H and O–H groups in total. The number of aromatic hydroxyl groups is 1. The quantitative estimate of drug-likeness (QED) is 0.822. The van der Waals surface area contributed by atoms with Gasteiger partial charge in [0.25, 0.3) is 5.56 Å². The summed E-state index contributed by atoms with van der Waals surface area (Å²) in [7, 11) is 0. The minimum absolute atomic E-state index is 0.0150. The highest BCUT2D eigenvalue weighted by Crippen LogP contribution is 2.20. The Bertz CT molecular complexity index is 652. The number of H-pyrrole nitrogens is 1. The summed E-state index contributed by atoms with van der Waals surface area (Å²) in [5.41, 5.74) is -1.08. The molecule has 0 aliphatic heterocycles. The molecule has 0 amide bonds. The van der Waals surface area contributed by atoms with Gasteiger partial charge in [-0.3, -0.25) is 14.3 Å². The highest BCUT2D eigenvalue weighted by Gasteiger charge is 2.17. The Morgan fingerprint density at radius 1 is 1.50 bits per heavy atom. The molecule has 0 fully saturated rings. The van der Waals surface area contributed by atoms with E-state index in [2.05, 4.69) is 10.1 Å². The van der Waals surface area contributed by atoms with Crippen LogP contribution in [0.4, 0.5) is 0 Å². The second-order valence-corrected chi connectivity index (χ2v) is 4.22. The van der Waals surface area contributed by atoms with Crippen molar-refractivity contribution in [2.24, 2.45) is 0 Å². The van der Waals surface area contributed by atoms with Crippen molar-refractivity contribution >= 4 is 0 Å². The van der Waals surface area contributed by atoms with E-state index in [4.69, 9.17) is 4.52 Å². The van der Waals surface area contributed by atoms with Gasteiger partial charge >= 0.3 is 5.69 Å². The van der Waals surface area contributed by atoms with Crippen LogP contribution in [-0.2, 0) is 6.54 Å². The Labute approximate surface area is 102 Å². The molecule has 2 heterocycles. The zero-order chi connectivity index (χ0) is 13.3. The van der Waals surface area contributed by atoms with Crippen molar-refractivity contribution in [2.75, 3.05) is 0 Å². The molecule has 0 saturated carbocycles. The van der Waals surface area contributed by atoms with Gasteiger partial charge in [-0.15, -0.1) is 0 Å². The first kappa shape index (κ1) is 12.2. The van der Waals surface area contributed by atoms with E-state index in [0.29, 0.717) is 5.76 Å². The molecule has 0 atom stereocenters. The van der Waals surface area contributed by atoms with Crippen LogP contribution in [0.1, 0.15) is 31.1 Å². The Kier molecular flexibility index (Phi) is 3.05. The second-order valence-electron chi connectivity index (χ2n) is 4.22. The predicted octanol–water partition coefficient (Wildman–Crippen LogP) is 0.402. The average molecular weight is 251 g/mol. The van der Waals surface area contributed by atoms with E-state index in [9.17, 15) is 14.7 Å². The summed E-state index contributed by atoms with van der Waals surface area (Å²) in [6.07, 6.45) is 1.44. The summed E-state index contributed by atoms with van der Waals surface area (Å²) >= 11 is 0. The summed E-state index contributed by atoms with van der Waals surface area (Å²) in [6.45, 7) is 3.53. The lowest BCUT2D eigenvalue weighted by molar-refractivity contribution is 0.350. The molecule has 2 rings (SSSR count). The fourth-order valence-electron chi connectivity index (χ4n) is 1.72. The molecule has 0 spiro atoms. The lowest BCUT2D eigenvalue weighted by atomic mass is 10.1. The van der Waals surface area contributed by atoms with E-state index in [1.807, 2.05) is 0 Å².